The van der Waals surface area contributed by atoms with Crippen LogP contribution in [0.5, 0.6) is 23.1 Å². The van der Waals surface area contributed by atoms with E-state index in [0.717, 1.165) is 11.1 Å². The lowest BCUT2D eigenvalue weighted by atomic mass is 9.87. The fourth-order valence-electron chi connectivity index (χ4n) is 4.76. The van der Waals surface area contributed by atoms with Crippen LogP contribution in [-0.4, -0.2) is 64.4 Å². The maximum absolute atomic E-state index is 13.8. The Morgan fingerprint density at radius 3 is 2.25 bits per heavy atom. The van der Waals surface area contributed by atoms with Gasteiger partial charge in [0.1, 0.15) is 13.2 Å². The van der Waals surface area contributed by atoms with Crippen molar-refractivity contribution in [2.24, 2.45) is 0 Å². The fraction of sp³-hybridized carbons (Fsp3) is 0.343. The van der Waals surface area contributed by atoms with Gasteiger partial charge >= 0.3 is 5.97 Å². The third-order valence-corrected chi connectivity index (χ3v) is 8.80. The van der Waals surface area contributed by atoms with E-state index in [-0.39, 0.29) is 59.1 Å². The summed E-state index contributed by atoms with van der Waals surface area (Å²) in [5, 5.41) is 0. The number of hydrogen-bond acceptors (Lipinski definition) is 11. The van der Waals surface area contributed by atoms with Crippen molar-refractivity contribution in [2.75, 3.05) is 49.6 Å². The number of anilines is 2. The molecule has 12 nitrogen and oxygen atoms in total. The van der Waals surface area contributed by atoms with Crippen LogP contribution in [0.2, 0.25) is 0 Å². The lowest BCUT2D eigenvalue weighted by molar-refractivity contribution is -0.145. The average molecular weight is 677 g/mol. The number of benzene rings is 3. The highest BCUT2D eigenvalue weighted by molar-refractivity contribution is 7.92. The highest BCUT2D eigenvalue weighted by Gasteiger charge is 2.27. The van der Waals surface area contributed by atoms with E-state index in [2.05, 4.69) is 35.5 Å². The second-order valence-electron chi connectivity index (χ2n) is 12.0. The Balaban J connectivity index is 1.49. The number of nitrogens with zero attached hydrogens (tertiary/aromatic N) is 3. The quantitative estimate of drug-likeness (QED) is 0.174. The Bertz CT molecular complexity index is 1790. The number of carbonyl (C=O) groups excluding carboxylic acids is 1. The second-order valence-corrected chi connectivity index (χ2v) is 13.7. The molecular formula is C35H40N4O8S. The van der Waals surface area contributed by atoms with E-state index in [1.165, 1.54) is 7.11 Å². The van der Waals surface area contributed by atoms with Crippen molar-refractivity contribution in [3.05, 3.63) is 90.0 Å². The van der Waals surface area contributed by atoms with Crippen molar-refractivity contribution in [3.8, 4) is 23.1 Å². The predicted molar refractivity (Wildman–Crippen MR) is 180 cm³/mol. The minimum atomic E-state index is -4.16. The van der Waals surface area contributed by atoms with E-state index < -0.39 is 16.0 Å². The molecule has 0 radical (unpaired) electrons. The molecule has 48 heavy (non-hydrogen) atoms. The van der Waals surface area contributed by atoms with Gasteiger partial charge in [-0.25, -0.2) is 8.42 Å². The zero-order chi connectivity index (χ0) is 34.1. The monoisotopic (exact) mass is 676 g/mol. The van der Waals surface area contributed by atoms with Gasteiger partial charge in [-0.3, -0.25) is 9.52 Å². The van der Waals surface area contributed by atoms with Gasteiger partial charge in [-0.1, -0.05) is 75.4 Å². The summed E-state index contributed by atoms with van der Waals surface area (Å²) < 4.78 is 58.8. The lowest BCUT2D eigenvalue weighted by Crippen LogP contribution is -2.37. The average Bonchev–Trinajstić information content (AvgIpc) is 3.09. The van der Waals surface area contributed by atoms with Crippen LogP contribution >= 0.6 is 0 Å². The Kier molecular flexibility index (Phi) is 11.0. The maximum atomic E-state index is 13.8. The minimum absolute atomic E-state index is 0.0360. The number of para-hydroxylation sites is 2. The SMILES string of the molecule is COc1ccccc1Oc1c(NS(=O)(=O)c2ccc(C(C)(C)C)cc2)nc(N2CCOCC2)nc1OCCC(=O)OCc1ccccc1. The zero-order valence-corrected chi connectivity index (χ0v) is 28.3. The molecule has 1 aliphatic heterocycles. The molecule has 254 valence electrons. The van der Waals surface area contributed by atoms with E-state index in [0.29, 0.717) is 32.1 Å². The van der Waals surface area contributed by atoms with E-state index in [4.69, 9.17) is 23.7 Å². The Morgan fingerprint density at radius 1 is 0.917 bits per heavy atom. The molecular weight excluding hydrogens is 636 g/mol. The topological polar surface area (TPSA) is 138 Å². The van der Waals surface area contributed by atoms with E-state index in [1.54, 1.807) is 48.5 Å². The first-order chi connectivity index (χ1) is 23.0. The van der Waals surface area contributed by atoms with E-state index in [1.807, 2.05) is 35.2 Å². The maximum Gasteiger partial charge on any atom is 0.309 e. The van der Waals surface area contributed by atoms with Gasteiger partial charge in [-0.15, -0.1) is 0 Å². The Labute approximate surface area is 281 Å². The number of sulfonamides is 1. The highest BCUT2D eigenvalue weighted by atomic mass is 32.2. The molecule has 1 fully saturated rings. The molecule has 1 saturated heterocycles. The summed E-state index contributed by atoms with van der Waals surface area (Å²) in [6.07, 6.45) is -0.0982. The van der Waals surface area contributed by atoms with Gasteiger partial charge in [-0.2, -0.15) is 9.97 Å². The van der Waals surface area contributed by atoms with Crippen LogP contribution < -0.4 is 23.8 Å². The standard InChI is InChI=1S/C35H40N4O8S/c1-35(2,3)26-14-16-27(17-15-26)48(41,42)38-32-31(47-29-13-9-8-12-28(29)43-4)33(37-34(36-32)39-19-22-44-23-20-39)45-21-18-30(40)46-24-25-10-6-5-7-11-25/h5-17H,18-24H2,1-4H3,(H,36,37,38). The lowest BCUT2D eigenvalue weighted by Gasteiger charge is -2.28. The smallest absolute Gasteiger partial charge is 0.309 e. The molecule has 1 N–H and O–H groups in total. The molecule has 0 atom stereocenters. The van der Waals surface area contributed by atoms with Crippen molar-refractivity contribution in [1.82, 2.24) is 9.97 Å². The van der Waals surface area contributed by atoms with Crippen LogP contribution in [0.4, 0.5) is 11.8 Å². The summed E-state index contributed by atoms with van der Waals surface area (Å²) in [7, 11) is -2.67. The van der Waals surface area contributed by atoms with Crippen LogP contribution in [-0.2, 0) is 36.3 Å². The van der Waals surface area contributed by atoms with Crippen LogP contribution in [0, 0.1) is 0 Å². The van der Waals surface area contributed by atoms with Gasteiger partial charge in [0.15, 0.2) is 17.3 Å². The molecule has 2 heterocycles. The van der Waals surface area contributed by atoms with Crippen LogP contribution in [0.15, 0.2) is 83.8 Å². The summed E-state index contributed by atoms with van der Waals surface area (Å²) in [6.45, 7) is 7.96. The molecule has 0 unspecified atom stereocenters. The Morgan fingerprint density at radius 2 is 1.58 bits per heavy atom. The van der Waals surface area contributed by atoms with Crippen molar-refractivity contribution >= 4 is 27.8 Å². The van der Waals surface area contributed by atoms with Crippen molar-refractivity contribution < 1.29 is 36.9 Å². The number of carbonyl (C=O) groups is 1. The molecule has 1 aromatic heterocycles. The first kappa shape index (κ1) is 34.5. The second kappa shape index (κ2) is 15.3. The number of rotatable bonds is 13. The van der Waals surface area contributed by atoms with Gasteiger partial charge in [-0.05, 0) is 40.8 Å². The van der Waals surface area contributed by atoms with E-state index in [9.17, 15) is 13.2 Å². The first-order valence-electron chi connectivity index (χ1n) is 15.5. The number of ether oxygens (including phenoxy) is 5. The van der Waals surface area contributed by atoms with Crippen molar-refractivity contribution in [1.29, 1.82) is 0 Å². The van der Waals surface area contributed by atoms with Crippen molar-refractivity contribution in [2.45, 2.75) is 44.1 Å². The molecule has 3 aromatic carbocycles. The summed E-state index contributed by atoms with van der Waals surface area (Å²) in [5.74, 6) is 0.0416. The molecule has 0 bridgehead atoms. The molecule has 4 aromatic rings. The first-order valence-corrected chi connectivity index (χ1v) is 17.0. The summed E-state index contributed by atoms with van der Waals surface area (Å²) in [4.78, 5) is 23.7. The molecule has 0 amide bonds. The molecule has 0 aliphatic carbocycles. The molecule has 5 rings (SSSR count). The summed E-state index contributed by atoms with van der Waals surface area (Å²) >= 11 is 0. The molecule has 1 aliphatic rings. The number of aromatic nitrogens is 2. The van der Waals surface area contributed by atoms with Crippen molar-refractivity contribution in [3.63, 3.8) is 0 Å². The van der Waals surface area contributed by atoms with E-state index >= 15 is 0 Å². The van der Waals surface area contributed by atoms with Crippen LogP contribution in [0.1, 0.15) is 38.3 Å². The van der Waals surface area contributed by atoms with Gasteiger partial charge in [0.05, 0.1) is 31.6 Å². The molecule has 0 spiro atoms. The summed E-state index contributed by atoms with van der Waals surface area (Å²) in [5.41, 5.74) is 1.68. The normalized spacial score (nSPS) is 13.5. The predicted octanol–water partition coefficient (Wildman–Crippen LogP) is 5.72. The molecule has 13 heteroatoms. The Hall–Kier alpha value is -4.88. The van der Waals surface area contributed by atoms with Gasteiger partial charge in [0.2, 0.25) is 11.7 Å². The zero-order valence-electron chi connectivity index (χ0n) is 27.5. The number of nitrogens with one attached hydrogen (secondary N) is 1. The number of hydrogen-bond donors (Lipinski definition) is 1. The minimum Gasteiger partial charge on any atom is -0.493 e. The number of methoxy groups -OCH3 is 1. The summed E-state index contributed by atoms with van der Waals surface area (Å²) in [6, 6.07) is 22.9. The van der Waals surface area contributed by atoms with Crippen LogP contribution in [0.25, 0.3) is 0 Å². The molecule has 0 saturated carbocycles. The third kappa shape index (κ3) is 8.92. The largest absolute Gasteiger partial charge is 0.493 e. The van der Waals surface area contributed by atoms with Crippen LogP contribution in [0.3, 0.4) is 0 Å². The fourth-order valence-corrected chi connectivity index (χ4v) is 5.76. The third-order valence-electron chi connectivity index (χ3n) is 7.45. The van der Waals surface area contributed by atoms with Gasteiger partial charge in [0, 0.05) is 13.1 Å². The number of morpholine rings is 1. The highest BCUT2D eigenvalue weighted by Crippen LogP contribution is 2.42. The number of esters is 1. The van der Waals surface area contributed by atoms with Gasteiger partial charge in [0.25, 0.3) is 15.9 Å². The van der Waals surface area contributed by atoms with Gasteiger partial charge < -0.3 is 28.6 Å².